The van der Waals surface area contributed by atoms with Crippen LogP contribution in [0.5, 0.6) is 5.75 Å². The lowest BCUT2D eigenvalue weighted by Gasteiger charge is -2.25. The summed E-state index contributed by atoms with van der Waals surface area (Å²) in [6, 6.07) is 24.7. The summed E-state index contributed by atoms with van der Waals surface area (Å²) >= 11 is 0. The number of carbonyl (C=O) groups excluding carboxylic acids is 1. The molecule has 3 aromatic rings. The van der Waals surface area contributed by atoms with Gasteiger partial charge in [-0.25, -0.2) is 0 Å². The second-order valence-electron chi connectivity index (χ2n) is 8.68. The molecule has 0 spiro atoms. The summed E-state index contributed by atoms with van der Waals surface area (Å²) in [5.41, 5.74) is 3.69. The number of hydrogen-bond donors (Lipinski definition) is 4. The monoisotopic (exact) mass is 475 g/mol. The highest BCUT2D eigenvalue weighted by atomic mass is 16.5. The predicted octanol–water partition coefficient (Wildman–Crippen LogP) is 4.40. The number of methoxy groups -OCH3 is 1. The fraction of sp³-hybridized carbons (Fsp3) is 0.345. The van der Waals surface area contributed by atoms with Gasteiger partial charge in [0.2, 0.25) is 0 Å². The van der Waals surface area contributed by atoms with Gasteiger partial charge in [-0.3, -0.25) is 4.79 Å². The first-order valence-electron chi connectivity index (χ1n) is 12.3. The van der Waals surface area contributed by atoms with Crippen molar-refractivity contribution < 1.29 is 14.6 Å². The van der Waals surface area contributed by atoms with Crippen LogP contribution < -0.4 is 20.7 Å². The fourth-order valence-electron chi connectivity index (χ4n) is 3.84. The summed E-state index contributed by atoms with van der Waals surface area (Å²) in [5, 5.41) is 20.7. The molecule has 6 heteroatoms. The van der Waals surface area contributed by atoms with E-state index in [-0.39, 0.29) is 5.91 Å². The van der Waals surface area contributed by atoms with Crippen LogP contribution in [-0.4, -0.2) is 43.4 Å². The Kier molecular flexibility index (Phi) is 10.6. The van der Waals surface area contributed by atoms with Crippen molar-refractivity contribution in [3.05, 3.63) is 95.6 Å². The first-order valence-corrected chi connectivity index (χ1v) is 12.3. The molecule has 0 bridgehead atoms. The molecular weight excluding hydrogens is 438 g/mol. The number of aliphatic hydroxyl groups excluding tert-OH is 1. The lowest BCUT2D eigenvalue weighted by Crippen LogP contribution is -2.48. The number of carbonyl (C=O) groups is 1. The van der Waals surface area contributed by atoms with Crippen LogP contribution in [0.15, 0.2) is 78.9 Å². The summed E-state index contributed by atoms with van der Waals surface area (Å²) in [6.45, 7) is 4.00. The Bertz CT molecular complexity index is 1020. The van der Waals surface area contributed by atoms with Crippen molar-refractivity contribution in [1.82, 2.24) is 10.6 Å². The molecule has 3 rings (SSSR count). The van der Waals surface area contributed by atoms with E-state index in [0.29, 0.717) is 25.1 Å². The minimum Gasteiger partial charge on any atom is -0.497 e. The second kappa shape index (κ2) is 14.1. The lowest BCUT2D eigenvalue weighted by molar-refractivity contribution is 0.0830. The van der Waals surface area contributed by atoms with Gasteiger partial charge >= 0.3 is 0 Å². The average Bonchev–Trinajstić information content (AvgIpc) is 2.89. The van der Waals surface area contributed by atoms with Gasteiger partial charge in [0.05, 0.1) is 19.3 Å². The average molecular weight is 476 g/mol. The van der Waals surface area contributed by atoms with Gasteiger partial charge < -0.3 is 25.8 Å². The van der Waals surface area contributed by atoms with Crippen molar-refractivity contribution in [2.24, 2.45) is 0 Å². The van der Waals surface area contributed by atoms with E-state index in [1.165, 1.54) is 0 Å². The van der Waals surface area contributed by atoms with Crippen LogP contribution in [-0.2, 0) is 13.0 Å². The summed E-state index contributed by atoms with van der Waals surface area (Å²) in [7, 11) is 1.64. The van der Waals surface area contributed by atoms with Gasteiger partial charge in [-0.05, 0) is 60.4 Å². The Morgan fingerprint density at radius 2 is 1.71 bits per heavy atom. The molecule has 3 aromatic carbocycles. The first-order chi connectivity index (χ1) is 17.1. The van der Waals surface area contributed by atoms with Crippen molar-refractivity contribution in [3.63, 3.8) is 0 Å². The molecule has 0 saturated heterocycles. The van der Waals surface area contributed by atoms with Gasteiger partial charge in [-0.2, -0.15) is 0 Å². The van der Waals surface area contributed by atoms with E-state index in [2.05, 4.69) is 22.9 Å². The third-order valence-electron chi connectivity index (χ3n) is 5.90. The lowest BCUT2D eigenvalue weighted by atomic mass is 10.0. The Labute approximate surface area is 208 Å². The number of unbranched alkanes of at least 4 members (excludes halogenated alkanes) is 1. The quantitative estimate of drug-likeness (QED) is 0.260. The van der Waals surface area contributed by atoms with E-state index >= 15 is 0 Å². The number of amides is 1. The molecule has 0 heterocycles. The second-order valence-corrected chi connectivity index (χ2v) is 8.68. The zero-order chi connectivity index (χ0) is 24.9. The number of benzene rings is 3. The van der Waals surface area contributed by atoms with E-state index in [0.717, 1.165) is 42.0 Å². The van der Waals surface area contributed by atoms with Crippen LogP contribution in [0.3, 0.4) is 0 Å². The molecule has 0 aliphatic heterocycles. The van der Waals surface area contributed by atoms with Gasteiger partial charge in [0, 0.05) is 30.9 Å². The van der Waals surface area contributed by atoms with Crippen LogP contribution in [0.1, 0.15) is 41.3 Å². The number of anilines is 1. The Morgan fingerprint density at radius 3 is 2.43 bits per heavy atom. The molecule has 2 atom stereocenters. The molecule has 35 heavy (non-hydrogen) atoms. The number of hydrogen-bond acceptors (Lipinski definition) is 5. The van der Waals surface area contributed by atoms with E-state index in [1.807, 2.05) is 78.9 Å². The van der Waals surface area contributed by atoms with Crippen molar-refractivity contribution in [3.8, 4) is 5.75 Å². The summed E-state index contributed by atoms with van der Waals surface area (Å²) in [6.07, 6.45) is 2.01. The largest absolute Gasteiger partial charge is 0.497 e. The maximum absolute atomic E-state index is 13.0. The minimum absolute atomic E-state index is 0.196. The summed E-state index contributed by atoms with van der Waals surface area (Å²) in [4.78, 5) is 13.0. The number of ether oxygens (including phenoxy) is 1. The van der Waals surface area contributed by atoms with Gasteiger partial charge in [-0.1, -0.05) is 55.8 Å². The van der Waals surface area contributed by atoms with Gasteiger partial charge in [0.25, 0.3) is 5.91 Å². The van der Waals surface area contributed by atoms with Crippen LogP contribution in [0.4, 0.5) is 5.69 Å². The minimum atomic E-state index is -0.764. The van der Waals surface area contributed by atoms with Gasteiger partial charge in [-0.15, -0.1) is 0 Å². The maximum atomic E-state index is 13.0. The highest BCUT2D eigenvalue weighted by Gasteiger charge is 2.22. The van der Waals surface area contributed by atoms with Crippen LogP contribution in [0.25, 0.3) is 0 Å². The third kappa shape index (κ3) is 8.74. The topological polar surface area (TPSA) is 82.6 Å². The molecule has 0 aliphatic carbocycles. The molecule has 4 N–H and O–H groups in total. The van der Waals surface area contributed by atoms with Crippen molar-refractivity contribution in [1.29, 1.82) is 0 Å². The normalized spacial score (nSPS) is 12.5. The van der Waals surface area contributed by atoms with Gasteiger partial charge in [0.15, 0.2) is 0 Å². The molecule has 0 fully saturated rings. The van der Waals surface area contributed by atoms with Crippen LogP contribution in [0, 0.1) is 0 Å². The molecule has 1 amide bonds. The Hall–Kier alpha value is -3.35. The molecule has 0 saturated carbocycles. The highest BCUT2D eigenvalue weighted by Crippen LogP contribution is 2.14. The summed E-state index contributed by atoms with van der Waals surface area (Å²) in [5.74, 6) is 0.600. The molecule has 0 radical (unpaired) electrons. The fourth-order valence-corrected chi connectivity index (χ4v) is 3.84. The zero-order valence-corrected chi connectivity index (χ0v) is 20.7. The molecular formula is C29H37N3O3. The van der Waals surface area contributed by atoms with Crippen LogP contribution >= 0.6 is 0 Å². The maximum Gasteiger partial charge on any atom is 0.251 e. The molecule has 0 aliphatic rings. The number of nitrogens with one attached hydrogen (secondary N) is 3. The number of rotatable bonds is 14. The Balaban J connectivity index is 1.61. The standard InChI is InChI=1S/C29H37N3O3/c1-3-4-17-31-25-15-13-24(14-16-25)29(34)32-27(19-22-9-6-5-7-10-22)28(33)21-30-20-23-11-8-12-26(18-23)35-2/h5-16,18,27-28,30-31,33H,3-4,17,19-21H2,1-2H3,(H,32,34)/t27-,28-/m0/s1. The highest BCUT2D eigenvalue weighted by molar-refractivity contribution is 5.94. The van der Waals surface area contributed by atoms with Crippen molar-refractivity contribution in [2.45, 2.75) is 44.9 Å². The number of aliphatic hydroxyl groups is 1. The predicted molar refractivity (Wildman–Crippen MR) is 142 cm³/mol. The SMILES string of the molecule is CCCCNc1ccc(C(=O)N[C@@H](Cc2ccccc2)[C@@H](O)CNCc2cccc(OC)c2)cc1. The van der Waals surface area contributed by atoms with E-state index in [1.54, 1.807) is 7.11 Å². The van der Waals surface area contributed by atoms with Crippen molar-refractivity contribution in [2.75, 3.05) is 25.5 Å². The third-order valence-corrected chi connectivity index (χ3v) is 5.90. The van der Waals surface area contributed by atoms with E-state index in [9.17, 15) is 9.90 Å². The van der Waals surface area contributed by atoms with Gasteiger partial charge in [0.1, 0.15) is 5.75 Å². The van der Waals surface area contributed by atoms with Crippen LogP contribution in [0.2, 0.25) is 0 Å². The smallest absolute Gasteiger partial charge is 0.251 e. The van der Waals surface area contributed by atoms with Crippen molar-refractivity contribution >= 4 is 11.6 Å². The van der Waals surface area contributed by atoms with E-state index < -0.39 is 12.1 Å². The molecule has 0 aromatic heterocycles. The molecule has 186 valence electrons. The first kappa shape index (κ1) is 26.3. The molecule has 6 nitrogen and oxygen atoms in total. The summed E-state index contributed by atoms with van der Waals surface area (Å²) < 4.78 is 5.28. The van der Waals surface area contributed by atoms with E-state index in [4.69, 9.17) is 4.74 Å². The molecule has 0 unspecified atom stereocenters. The zero-order valence-electron chi connectivity index (χ0n) is 20.7. The Morgan fingerprint density at radius 1 is 0.971 bits per heavy atom.